The molecule has 1 aromatic carbocycles. The van der Waals surface area contributed by atoms with Crippen molar-refractivity contribution >= 4 is 11.7 Å². The summed E-state index contributed by atoms with van der Waals surface area (Å²) in [6.45, 7) is 2.77. The predicted octanol–water partition coefficient (Wildman–Crippen LogP) is 1.53. The molecule has 2 rings (SSSR count). The highest BCUT2D eigenvalue weighted by Gasteiger charge is 2.37. The summed E-state index contributed by atoms with van der Waals surface area (Å²) in [5.41, 5.74) is 7.34. The Kier molecular flexibility index (Phi) is 2.50. The summed E-state index contributed by atoms with van der Waals surface area (Å²) in [4.78, 5) is 13.4. The van der Waals surface area contributed by atoms with Crippen molar-refractivity contribution in [3.05, 3.63) is 29.8 Å². The first-order chi connectivity index (χ1) is 7.54. The second-order valence-electron chi connectivity index (χ2n) is 4.44. The van der Waals surface area contributed by atoms with E-state index in [1.807, 2.05) is 31.3 Å². The Morgan fingerprint density at radius 3 is 2.94 bits per heavy atom. The molecule has 0 saturated carbocycles. The maximum atomic E-state index is 11.7. The normalized spacial score (nSPS) is 25.4. The van der Waals surface area contributed by atoms with E-state index in [9.17, 15) is 4.79 Å². The van der Waals surface area contributed by atoms with Crippen LogP contribution in [-0.2, 0) is 5.54 Å². The number of hydrogen-bond donors (Lipinski definition) is 2. The second-order valence-corrected chi connectivity index (χ2v) is 4.44. The van der Waals surface area contributed by atoms with Crippen molar-refractivity contribution in [3.8, 4) is 0 Å². The minimum absolute atomic E-state index is 0.0313. The van der Waals surface area contributed by atoms with Crippen LogP contribution in [0.15, 0.2) is 24.3 Å². The summed E-state index contributed by atoms with van der Waals surface area (Å²) in [6, 6.07) is 7.71. The fourth-order valence-electron chi connectivity index (χ4n) is 2.13. The summed E-state index contributed by atoms with van der Waals surface area (Å²) in [6.07, 6.45) is 0.888. The van der Waals surface area contributed by atoms with Crippen molar-refractivity contribution in [2.24, 2.45) is 0 Å². The van der Waals surface area contributed by atoms with Crippen LogP contribution in [0.1, 0.15) is 18.9 Å². The summed E-state index contributed by atoms with van der Waals surface area (Å²) in [5.74, 6) is 0. The van der Waals surface area contributed by atoms with Gasteiger partial charge in [-0.15, -0.1) is 0 Å². The van der Waals surface area contributed by atoms with Gasteiger partial charge in [-0.3, -0.25) is 0 Å². The topological polar surface area (TPSA) is 58.4 Å². The Morgan fingerprint density at radius 2 is 2.25 bits per heavy atom. The smallest absolute Gasteiger partial charge is 0.317 e. The monoisotopic (exact) mass is 219 g/mol. The van der Waals surface area contributed by atoms with Crippen LogP contribution < -0.4 is 11.1 Å². The molecule has 1 atom stereocenters. The summed E-state index contributed by atoms with van der Waals surface area (Å²) in [5, 5.41) is 2.83. The molecule has 0 aromatic heterocycles. The van der Waals surface area contributed by atoms with Crippen molar-refractivity contribution in [3.63, 3.8) is 0 Å². The van der Waals surface area contributed by atoms with Crippen LogP contribution in [0, 0.1) is 0 Å². The molecule has 0 radical (unpaired) electrons. The van der Waals surface area contributed by atoms with Gasteiger partial charge in [0.25, 0.3) is 0 Å². The fraction of sp³-hybridized carbons (Fsp3) is 0.417. The van der Waals surface area contributed by atoms with Crippen LogP contribution in [0.25, 0.3) is 0 Å². The largest absolute Gasteiger partial charge is 0.399 e. The molecule has 86 valence electrons. The number of amides is 2. The van der Waals surface area contributed by atoms with Crippen molar-refractivity contribution in [1.82, 2.24) is 10.2 Å². The molecule has 16 heavy (non-hydrogen) atoms. The van der Waals surface area contributed by atoms with Gasteiger partial charge in [0, 0.05) is 19.3 Å². The molecular formula is C12H17N3O. The number of nitrogen functional groups attached to an aromatic ring is 1. The van der Waals surface area contributed by atoms with E-state index >= 15 is 0 Å². The van der Waals surface area contributed by atoms with Gasteiger partial charge in [-0.2, -0.15) is 0 Å². The molecule has 1 heterocycles. The average molecular weight is 219 g/mol. The second kappa shape index (κ2) is 3.70. The third kappa shape index (κ3) is 1.60. The number of carbonyl (C=O) groups excluding carboxylic acids is 1. The Morgan fingerprint density at radius 1 is 1.50 bits per heavy atom. The van der Waals surface area contributed by atoms with Gasteiger partial charge in [0.1, 0.15) is 0 Å². The molecule has 0 spiro atoms. The standard InChI is InChI=1S/C12H17N3O/c1-12(6-7-14-11(16)15(12)2)9-4-3-5-10(13)8-9/h3-5,8H,6-7,13H2,1-2H3,(H,14,16). The molecule has 3 N–H and O–H groups in total. The van der Waals surface area contributed by atoms with Gasteiger partial charge in [0.2, 0.25) is 0 Å². The number of nitrogens with one attached hydrogen (secondary N) is 1. The maximum Gasteiger partial charge on any atom is 0.317 e. The van der Waals surface area contributed by atoms with Crippen LogP contribution in [0.4, 0.5) is 10.5 Å². The van der Waals surface area contributed by atoms with Gasteiger partial charge >= 0.3 is 6.03 Å². The van der Waals surface area contributed by atoms with Gasteiger partial charge in [-0.05, 0) is 31.0 Å². The van der Waals surface area contributed by atoms with Crippen LogP contribution in [0.2, 0.25) is 0 Å². The van der Waals surface area contributed by atoms with E-state index in [1.165, 1.54) is 0 Å². The third-order valence-corrected chi connectivity index (χ3v) is 3.44. The molecule has 0 bridgehead atoms. The number of hydrogen-bond acceptors (Lipinski definition) is 2. The number of carbonyl (C=O) groups is 1. The molecule has 2 amide bonds. The van der Waals surface area contributed by atoms with E-state index in [0.717, 1.165) is 17.7 Å². The zero-order valence-corrected chi connectivity index (χ0v) is 9.66. The molecule has 1 saturated heterocycles. The Bertz CT molecular complexity index is 418. The molecule has 1 aliphatic rings. The molecule has 4 heteroatoms. The van der Waals surface area contributed by atoms with Gasteiger partial charge in [0.15, 0.2) is 0 Å². The fourth-order valence-corrected chi connectivity index (χ4v) is 2.13. The number of nitrogens with two attached hydrogens (primary N) is 1. The van der Waals surface area contributed by atoms with Crippen LogP contribution in [0.5, 0.6) is 0 Å². The lowest BCUT2D eigenvalue weighted by molar-refractivity contribution is 0.117. The van der Waals surface area contributed by atoms with Crippen molar-refractivity contribution in [2.75, 3.05) is 19.3 Å². The minimum Gasteiger partial charge on any atom is -0.399 e. The van der Waals surface area contributed by atoms with Crippen LogP contribution in [0.3, 0.4) is 0 Å². The van der Waals surface area contributed by atoms with Crippen molar-refractivity contribution in [1.29, 1.82) is 0 Å². The molecule has 4 nitrogen and oxygen atoms in total. The average Bonchev–Trinajstić information content (AvgIpc) is 2.26. The SMILES string of the molecule is CN1C(=O)NCCC1(C)c1cccc(N)c1. The zero-order chi connectivity index (χ0) is 11.8. The summed E-state index contributed by atoms with van der Waals surface area (Å²) < 4.78 is 0. The highest BCUT2D eigenvalue weighted by Crippen LogP contribution is 2.33. The van der Waals surface area contributed by atoms with Gasteiger partial charge < -0.3 is 16.0 Å². The highest BCUT2D eigenvalue weighted by atomic mass is 16.2. The van der Waals surface area contributed by atoms with Crippen LogP contribution >= 0.6 is 0 Å². The van der Waals surface area contributed by atoms with Gasteiger partial charge in [0.05, 0.1) is 5.54 Å². The van der Waals surface area contributed by atoms with E-state index < -0.39 is 0 Å². The first-order valence-corrected chi connectivity index (χ1v) is 5.42. The van der Waals surface area contributed by atoms with E-state index in [2.05, 4.69) is 12.2 Å². The Balaban J connectivity index is 2.40. The zero-order valence-electron chi connectivity index (χ0n) is 9.66. The third-order valence-electron chi connectivity index (χ3n) is 3.44. The lowest BCUT2D eigenvalue weighted by atomic mass is 9.85. The number of anilines is 1. The predicted molar refractivity (Wildman–Crippen MR) is 64.0 cm³/mol. The summed E-state index contributed by atoms with van der Waals surface area (Å²) >= 11 is 0. The van der Waals surface area contributed by atoms with Gasteiger partial charge in [-0.25, -0.2) is 4.79 Å². The summed E-state index contributed by atoms with van der Waals surface area (Å²) in [7, 11) is 1.82. The lowest BCUT2D eigenvalue weighted by Crippen LogP contribution is -2.55. The molecule has 0 aliphatic carbocycles. The van der Waals surface area contributed by atoms with E-state index in [-0.39, 0.29) is 11.6 Å². The number of rotatable bonds is 1. The van der Waals surface area contributed by atoms with E-state index in [1.54, 1.807) is 4.90 Å². The maximum absolute atomic E-state index is 11.7. The Hall–Kier alpha value is -1.71. The number of urea groups is 1. The molecular weight excluding hydrogens is 202 g/mol. The van der Waals surface area contributed by atoms with Crippen LogP contribution in [-0.4, -0.2) is 24.5 Å². The van der Waals surface area contributed by atoms with Crippen molar-refractivity contribution < 1.29 is 4.79 Å². The highest BCUT2D eigenvalue weighted by molar-refractivity contribution is 5.76. The number of benzene rings is 1. The quantitative estimate of drug-likeness (QED) is 0.704. The van der Waals surface area contributed by atoms with Gasteiger partial charge in [-0.1, -0.05) is 12.1 Å². The van der Waals surface area contributed by atoms with E-state index in [4.69, 9.17) is 5.73 Å². The van der Waals surface area contributed by atoms with Crippen molar-refractivity contribution in [2.45, 2.75) is 18.9 Å². The minimum atomic E-state index is -0.266. The molecule has 1 aromatic rings. The molecule has 1 unspecified atom stereocenters. The number of nitrogens with zero attached hydrogens (tertiary/aromatic N) is 1. The Labute approximate surface area is 95.4 Å². The first kappa shape index (κ1) is 10.8. The molecule has 1 aliphatic heterocycles. The molecule has 1 fully saturated rings. The van der Waals surface area contributed by atoms with E-state index in [0.29, 0.717) is 6.54 Å². The lowest BCUT2D eigenvalue weighted by Gasteiger charge is -2.43. The first-order valence-electron chi connectivity index (χ1n) is 5.42.